The van der Waals surface area contributed by atoms with Crippen LogP contribution in [0.1, 0.15) is 41.6 Å². The van der Waals surface area contributed by atoms with Gasteiger partial charge in [-0.25, -0.2) is 4.39 Å². The van der Waals surface area contributed by atoms with Gasteiger partial charge in [-0.1, -0.05) is 0 Å². The van der Waals surface area contributed by atoms with Gasteiger partial charge in [-0.2, -0.15) is 10.2 Å². The number of nitrogens with one attached hydrogen (secondary N) is 1. The Kier molecular flexibility index (Phi) is 6.11. The van der Waals surface area contributed by atoms with Crippen LogP contribution in [0, 0.1) is 18.7 Å². The number of aromatic nitrogens is 2. The van der Waals surface area contributed by atoms with E-state index in [0.717, 1.165) is 19.4 Å². The van der Waals surface area contributed by atoms with Gasteiger partial charge in [-0.05, 0) is 61.9 Å². The smallest absolute Gasteiger partial charge is 0.255 e. The van der Waals surface area contributed by atoms with Crippen molar-refractivity contribution in [2.24, 2.45) is 5.92 Å². The molecule has 1 fully saturated rings. The lowest BCUT2D eigenvalue weighted by molar-refractivity contribution is -0.116. The summed E-state index contributed by atoms with van der Waals surface area (Å²) in [7, 11) is 0. The minimum Gasteiger partial charge on any atom is -0.338 e. The van der Waals surface area contributed by atoms with E-state index in [1.807, 2.05) is 4.90 Å². The molecule has 142 valence electrons. The highest BCUT2D eigenvalue weighted by Crippen LogP contribution is 2.23. The van der Waals surface area contributed by atoms with Crippen LogP contribution in [0.4, 0.5) is 10.1 Å². The molecule has 1 aromatic heterocycles. The van der Waals surface area contributed by atoms with Crippen molar-refractivity contribution in [2.45, 2.75) is 32.6 Å². The molecule has 1 unspecified atom stereocenters. The molecule has 2 heterocycles. The molecule has 1 aromatic carbocycles. The maximum Gasteiger partial charge on any atom is 0.255 e. The highest BCUT2D eigenvalue weighted by Gasteiger charge is 2.25. The molecule has 7 heteroatoms. The molecule has 0 spiro atoms. The lowest BCUT2D eigenvalue weighted by atomic mass is 9.93. The number of hydrogen-bond acceptors (Lipinski definition) is 4. The van der Waals surface area contributed by atoms with Gasteiger partial charge in [0, 0.05) is 25.2 Å². The molecule has 6 nitrogen and oxygen atoms in total. The molecule has 1 aliphatic rings. The van der Waals surface area contributed by atoms with Crippen molar-refractivity contribution >= 4 is 17.5 Å². The predicted octanol–water partition coefficient (Wildman–Crippen LogP) is 3.20. The van der Waals surface area contributed by atoms with Gasteiger partial charge < -0.3 is 10.2 Å². The topological polar surface area (TPSA) is 75.2 Å². The molecule has 1 saturated heterocycles. The number of carbonyl (C=O) groups excluding carboxylic acids is 2. The van der Waals surface area contributed by atoms with Crippen molar-refractivity contribution < 1.29 is 14.0 Å². The largest absolute Gasteiger partial charge is 0.338 e. The molecule has 0 aliphatic carbocycles. The van der Waals surface area contributed by atoms with E-state index in [1.165, 1.54) is 24.5 Å². The molecule has 2 aromatic rings. The van der Waals surface area contributed by atoms with E-state index in [1.54, 1.807) is 19.1 Å². The summed E-state index contributed by atoms with van der Waals surface area (Å²) in [6.07, 6.45) is 6.00. The first-order chi connectivity index (χ1) is 13.0. The van der Waals surface area contributed by atoms with Crippen molar-refractivity contribution in [1.82, 2.24) is 15.1 Å². The molecule has 1 atom stereocenters. The number of aryl methyl sites for hydroxylation is 1. The van der Waals surface area contributed by atoms with E-state index >= 15 is 0 Å². The van der Waals surface area contributed by atoms with Gasteiger partial charge in [0.15, 0.2) is 0 Å². The Hall–Kier alpha value is -2.83. The van der Waals surface area contributed by atoms with E-state index in [2.05, 4.69) is 15.5 Å². The minimum absolute atomic E-state index is 0.0408. The Morgan fingerprint density at radius 1 is 1.30 bits per heavy atom. The molecule has 3 rings (SSSR count). The summed E-state index contributed by atoms with van der Waals surface area (Å²) in [4.78, 5) is 26.6. The number of likely N-dealkylation sites (tertiary alicyclic amines) is 1. The van der Waals surface area contributed by atoms with E-state index in [0.29, 0.717) is 36.2 Å². The molecule has 1 aliphatic heterocycles. The molecule has 0 bridgehead atoms. The highest BCUT2D eigenvalue weighted by molar-refractivity contribution is 5.94. The highest BCUT2D eigenvalue weighted by atomic mass is 19.1. The number of piperidine rings is 1. The number of benzene rings is 1. The average Bonchev–Trinajstić information content (AvgIpc) is 2.69. The molecular formula is C20H23FN4O2. The molecular weight excluding hydrogens is 347 g/mol. The quantitative estimate of drug-likeness (QED) is 0.877. The average molecular weight is 370 g/mol. The van der Waals surface area contributed by atoms with E-state index in [-0.39, 0.29) is 23.5 Å². The minimum atomic E-state index is -0.318. The Bertz CT molecular complexity index is 813. The summed E-state index contributed by atoms with van der Waals surface area (Å²) in [5.74, 6) is -0.160. The van der Waals surface area contributed by atoms with Gasteiger partial charge in [0.25, 0.3) is 5.91 Å². The van der Waals surface area contributed by atoms with Crippen molar-refractivity contribution in [3.8, 4) is 0 Å². The molecule has 1 N–H and O–H groups in total. The zero-order valence-corrected chi connectivity index (χ0v) is 15.3. The van der Waals surface area contributed by atoms with E-state index in [9.17, 15) is 14.0 Å². The summed E-state index contributed by atoms with van der Waals surface area (Å²) >= 11 is 0. The normalized spacial score (nSPS) is 16.8. The van der Waals surface area contributed by atoms with E-state index in [4.69, 9.17) is 0 Å². The predicted molar refractivity (Wildman–Crippen MR) is 99.7 cm³/mol. The number of anilines is 1. The van der Waals surface area contributed by atoms with Gasteiger partial charge in [0.1, 0.15) is 5.82 Å². The van der Waals surface area contributed by atoms with Crippen LogP contribution >= 0.6 is 0 Å². The van der Waals surface area contributed by atoms with Crippen LogP contribution in [-0.4, -0.2) is 40.0 Å². The van der Waals surface area contributed by atoms with Crippen LogP contribution in [0.2, 0.25) is 0 Å². The number of hydrogen-bond donors (Lipinski definition) is 1. The Labute approximate surface area is 157 Å². The Morgan fingerprint density at radius 3 is 2.89 bits per heavy atom. The second-order valence-electron chi connectivity index (χ2n) is 6.94. The van der Waals surface area contributed by atoms with Crippen LogP contribution in [-0.2, 0) is 4.79 Å². The van der Waals surface area contributed by atoms with Crippen LogP contribution < -0.4 is 5.32 Å². The van der Waals surface area contributed by atoms with Gasteiger partial charge in [0.2, 0.25) is 5.91 Å². The van der Waals surface area contributed by atoms with Crippen molar-refractivity contribution in [2.75, 3.05) is 18.4 Å². The van der Waals surface area contributed by atoms with Crippen LogP contribution in [0.5, 0.6) is 0 Å². The summed E-state index contributed by atoms with van der Waals surface area (Å²) in [6, 6.07) is 5.97. The first-order valence-electron chi connectivity index (χ1n) is 9.15. The number of nitrogens with zero attached hydrogens (tertiary/aromatic N) is 3. The Morgan fingerprint density at radius 2 is 2.15 bits per heavy atom. The molecule has 0 saturated carbocycles. The first kappa shape index (κ1) is 18.9. The van der Waals surface area contributed by atoms with Gasteiger partial charge in [-0.3, -0.25) is 9.59 Å². The Balaban J connectivity index is 1.50. The van der Waals surface area contributed by atoms with Crippen molar-refractivity contribution in [1.29, 1.82) is 0 Å². The van der Waals surface area contributed by atoms with Crippen molar-refractivity contribution in [3.63, 3.8) is 0 Å². The number of carbonyl (C=O) groups is 2. The number of halogens is 1. The maximum absolute atomic E-state index is 13.1. The van der Waals surface area contributed by atoms with Gasteiger partial charge >= 0.3 is 0 Å². The van der Waals surface area contributed by atoms with Crippen LogP contribution in [0.25, 0.3) is 0 Å². The van der Waals surface area contributed by atoms with Gasteiger partial charge in [0.05, 0.1) is 18.0 Å². The second kappa shape index (κ2) is 8.70. The van der Waals surface area contributed by atoms with Crippen molar-refractivity contribution in [3.05, 3.63) is 53.6 Å². The van der Waals surface area contributed by atoms with E-state index < -0.39 is 0 Å². The fourth-order valence-electron chi connectivity index (χ4n) is 3.40. The first-order valence-corrected chi connectivity index (χ1v) is 9.15. The summed E-state index contributed by atoms with van der Waals surface area (Å²) in [6.45, 7) is 3.12. The lowest BCUT2D eigenvalue weighted by Gasteiger charge is -2.32. The fourth-order valence-corrected chi connectivity index (χ4v) is 3.40. The summed E-state index contributed by atoms with van der Waals surface area (Å²) in [5.41, 5.74) is 1.87. The zero-order valence-electron chi connectivity index (χ0n) is 15.3. The third-order valence-corrected chi connectivity index (χ3v) is 4.88. The van der Waals surface area contributed by atoms with Crippen LogP contribution in [0.3, 0.4) is 0 Å². The summed E-state index contributed by atoms with van der Waals surface area (Å²) < 4.78 is 13.1. The number of rotatable bonds is 5. The molecule has 27 heavy (non-hydrogen) atoms. The summed E-state index contributed by atoms with van der Waals surface area (Å²) in [5, 5.41) is 10.3. The third kappa shape index (κ3) is 5.09. The second-order valence-corrected chi connectivity index (χ2v) is 6.94. The lowest BCUT2D eigenvalue weighted by Crippen LogP contribution is -2.40. The van der Waals surface area contributed by atoms with Crippen LogP contribution in [0.15, 0.2) is 36.7 Å². The fraction of sp³-hybridized carbons (Fsp3) is 0.400. The SMILES string of the molecule is Cc1cc(F)ccc1NC(=O)CCC1CCCN(C(=O)c2ccnnc2)C1. The zero-order chi connectivity index (χ0) is 19.2. The molecule has 2 amide bonds. The number of amides is 2. The van der Waals surface area contributed by atoms with Gasteiger partial charge in [-0.15, -0.1) is 0 Å². The molecule has 0 radical (unpaired) electrons. The maximum atomic E-state index is 13.1. The standard InChI is InChI=1S/C20H23FN4O2/c1-14-11-17(21)5-6-18(14)24-19(26)7-4-15-3-2-10-25(13-15)20(27)16-8-9-22-23-12-16/h5-6,8-9,11-12,15H,2-4,7,10,13H2,1H3,(H,24,26). The third-order valence-electron chi connectivity index (χ3n) is 4.88. The monoisotopic (exact) mass is 370 g/mol.